The lowest BCUT2D eigenvalue weighted by Gasteiger charge is -2.30. The molecule has 0 saturated carbocycles. The van der Waals surface area contributed by atoms with Gasteiger partial charge in [0.1, 0.15) is 11.5 Å². The summed E-state index contributed by atoms with van der Waals surface area (Å²) in [5.41, 5.74) is 2.47. The van der Waals surface area contributed by atoms with Crippen LogP contribution < -0.4 is 4.90 Å². The molecule has 0 amide bonds. The molecule has 8 heteroatoms. The third-order valence-corrected chi connectivity index (χ3v) is 6.20. The van der Waals surface area contributed by atoms with Gasteiger partial charge in [-0.25, -0.2) is 18.4 Å². The average Bonchev–Trinajstić information content (AvgIpc) is 2.60. The van der Waals surface area contributed by atoms with Gasteiger partial charge < -0.3 is 4.90 Å². The standard InChI is InChI=1S/C17H23N5O2S/c1-4-11-25(23,24)22-10-8-13-15(12-22)19-16(20-17(13)21(2)3)14-7-5-6-9-18-14/h5-7,9H,4,8,10-12H2,1-3H3. The van der Waals surface area contributed by atoms with E-state index in [1.165, 1.54) is 4.31 Å². The van der Waals surface area contributed by atoms with Crippen molar-refractivity contribution in [1.82, 2.24) is 19.3 Å². The maximum Gasteiger partial charge on any atom is 0.214 e. The van der Waals surface area contributed by atoms with Crippen LogP contribution in [0, 0.1) is 0 Å². The van der Waals surface area contributed by atoms with Crippen molar-refractivity contribution in [2.75, 3.05) is 31.3 Å². The third kappa shape index (κ3) is 3.64. The zero-order valence-corrected chi connectivity index (χ0v) is 15.6. The summed E-state index contributed by atoms with van der Waals surface area (Å²) in [6.07, 6.45) is 2.93. The maximum absolute atomic E-state index is 12.4. The van der Waals surface area contributed by atoms with Gasteiger partial charge in [-0.3, -0.25) is 4.98 Å². The topological polar surface area (TPSA) is 79.3 Å². The first-order chi connectivity index (χ1) is 11.9. The summed E-state index contributed by atoms with van der Waals surface area (Å²) < 4.78 is 26.4. The highest BCUT2D eigenvalue weighted by Gasteiger charge is 2.29. The fraction of sp³-hybridized carbons (Fsp3) is 0.471. The number of hydrogen-bond donors (Lipinski definition) is 0. The van der Waals surface area contributed by atoms with Crippen LogP contribution in [-0.4, -0.2) is 54.1 Å². The lowest BCUT2D eigenvalue weighted by molar-refractivity contribution is 0.385. The zero-order chi connectivity index (χ0) is 18.0. The second-order valence-electron chi connectivity index (χ2n) is 6.31. The molecule has 0 bridgehead atoms. The van der Waals surface area contributed by atoms with Crippen LogP contribution in [0.15, 0.2) is 24.4 Å². The highest BCUT2D eigenvalue weighted by molar-refractivity contribution is 7.89. The molecule has 2 aromatic heterocycles. The normalized spacial score (nSPS) is 15.0. The van der Waals surface area contributed by atoms with Crippen molar-refractivity contribution in [3.63, 3.8) is 0 Å². The Kier molecular flexibility index (Phi) is 5.01. The van der Waals surface area contributed by atoms with Crippen LogP contribution >= 0.6 is 0 Å². The van der Waals surface area contributed by atoms with Crippen molar-refractivity contribution in [2.45, 2.75) is 26.3 Å². The van der Waals surface area contributed by atoms with E-state index in [9.17, 15) is 8.42 Å². The zero-order valence-electron chi connectivity index (χ0n) is 14.8. The van der Waals surface area contributed by atoms with Crippen LogP contribution in [0.1, 0.15) is 24.6 Å². The minimum atomic E-state index is -3.24. The molecule has 0 fully saturated rings. The first kappa shape index (κ1) is 17.8. The lowest BCUT2D eigenvalue weighted by atomic mass is 10.1. The molecule has 1 aliphatic heterocycles. The fourth-order valence-electron chi connectivity index (χ4n) is 2.99. The van der Waals surface area contributed by atoms with Crippen molar-refractivity contribution in [3.8, 4) is 11.5 Å². The predicted molar refractivity (Wildman–Crippen MR) is 97.8 cm³/mol. The first-order valence-electron chi connectivity index (χ1n) is 8.38. The van der Waals surface area contributed by atoms with E-state index in [2.05, 4.69) is 15.0 Å². The van der Waals surface area contributed by atoms with Crippen LogP contribution in [0.2, 0.25) is 0 Å². The summed E-state index contributed by atoms with van der Waals surface area (Å²) in [5.74, 6) is 1.53. The fourth-order valence-corrected chi connectivity index (χ4v) is 4.45. The number of aromatic nitrogens is 3. The second kappa shape index (κ2) is 7.05. The maximum atomic E-state index is 12.4. The molecule has 0 aliphatic carbocycles. The van der Waals surface area contributed by atoms with Crippen LogP contribution in [0.5, 0.6) is 0 Å². The van der Waals surface area contributed by atoms with E-state index in [1.807, 2.05) is 44.1 Å². The Balaban J connectivity index is 2.05. The van der Waals surface area contributed by atoms with Crippen molar-refractivity contribution in [2.24, 2.45) is 0 Å². The van der Waals surface area contributed by atoms with Gasteiger partial charge in [0.15, 0.2) is 5.82 Å². The van der Waals surface area contributed by atoms with Crippen molar-refractivity contribution < 1.29 is 8.42 Å². The van der Waals surface area contributed by atoms with Gasteiger partial charge in [-0.1, -0.05) is 13.0 Å². The third-order valence-electron chi connectivity index (χ3n) is 4.18. The van der Waals surface area contributed by atoms with E-state index in [1.54, 1.807) is 6.20 Å². The molecule has 2 aromatic rings. The molecule has 134 valence electrons. The molecule has 7 nitrogen and oxygen atoms in total. The molecule has 0 spiro atoms. The lowest BCUT2D eigenvalue weighted by Crippen LogP contribution is -2.38. The molecular formula is C17H23N5O2S. The number of pyridine rings is 1. The number of nitrogens with zero attached hydrogens (tertiary/aromatic N) is 5. The van der Waals surface area contributed by atoms with E-state index in [4.69, 9.17) is 0 Å². The molecule has 0 saturated heterocycles. The summed E-state index contributed by atoms with van der Waals surface area (Å²) >= 11 is 0. The second-order valence-corrected chi connectivity index (χ2v) is 8.39. The quantitative estimate of drug-likeness (QED) is 0.806. The first-order valence-corrected chi connectivity index (χ1v) is 9.99. The summed E-state index contributed by atoms with van der Waals surface area (Å²) in [7, 11) is 0.628. The van der Waals surface area contributed by atoms with Gasteiger partial charge in [0, 0.05) is 32.4 Å². The van der Waals surface area contributed by atoms with Gasteiger partial charge in [0.05, 0.1) is 18.0 Å². The Hall–Kier alpha value is -2.06. The van der Waals surface area contributed by atoms with Crippen LogP contribution in [0.4, 0.5) is 5.82 Å². The molecule has 0 radical (unpaired) electrons. The van der Waals surface area contributed by atoms with Crippen LogP contribution in [-0.2, 0) is 23.0 Å². The van der Waals surface area contributed by atoms with Crippen LogP contribution in [0.25, 0.3) is 11.5 Å². The van der Waals surface area contributed by atoms with Gasteiger partial charge >= 0.3 is 0 Å². The number of rotatable bonds is 5. The Morgan fingerprint density at radius 1 is 1.24 bits per heavy atom. The monoisotopic (exact) mass is 361 g/mol. The highest BCUT2D eigenvalue weighted by Crippen LogP contribution is 2.29. The number of hydrogen-bond acceptors (Lipinski definition) is 6. The summed E-state index contributed by atoms with van der Waals surface area (Å²) in [4.78, 5) is 15.6. The molecule has 0 aromatic carbocycles. The summed E-state index contributed by atoms with van der Waals surface area (Å²) in [6.45, 7) is 2.64. The molecule has 1 aliphatic rings. The van der Waals surface area contributed by atoms with Crippen molar-refractivity contribution in [3.05, 3.63) is 35.7 Å². The predicted octanol–water partition coefficient (Wildman–Crippen LogP) is 1.70. The molecule has 25 heavy (non-hydrogen) atoms. The molecule has 0 unspecified atom stereocenters. The Labute approximate surface area is 148 Å². The minimum Gasteiger partial charge on any atom is -0.362 e. The van der Waals surface area contributed by atoms with E-state index >= 15 is 0 Å². The number of anilines is 1. The van der Waals surface area contributed by atoms with Gasteiger partial charge in [-0.2, -0.15) is 4.31 Å². The van der Waals surface area contributed by atoms with Crippen LogP contribution in [0.3, 0.4) is 0 Å². The van der Waals surface area contributed by atoms with E-state index < -0.39 is 10.0 Å². The summed E-state index contributed by atoms with van der Waals surface area (Å²) in [6, 6.07) is 5.59. The average molecular weight is 361 g/mol. The van der Waals surface area contributed by atoms with Gasteiger partial charge in [-0.05, 0) is 25.0 Å². The largest absolute Gasteiger partial charge is 0.362 e. The number of fused-ring (bicyclic) bond motifs is 1. The van der Waals surface area contributed by atoms with Crippen molar-refractivity contribution >= 4 is 15.8 Å². The molecular weight excluding hydrogens is 338 g/mol. The van der Waals surface area contributed by atoms with Gasteiger partial charge in [-0.15, -0.1) is 0 Å². The smallest absolute Gasteiger partial charge is 0.214 e. The minimum absolute atomic E-state index is 0.168. The number of sulfonamides is 1. The molecule has 3 heterocycles. The Morgan fingerprint density at radius 3 is 2.68 bits per heavy atom. The van der Waals surface area contributed by atoms with E-state index in [0.29, 0.717) is 37.4 Å². The molecule has 3 rings (SSSR count). The Morgan fingerprint density at radius 2 is 2.04 bits per heavy atom. The van der Waals surface area contributed by atoms with E-state index in [0.717, 1.165) is 17.1 Å². The highest BCUT2D eigenvalue weighted by atomic mass is 32.2. The summed E-state index contributed by atoms with van der Waals surface area (Å²) in [5, 5.41) is 0. The van der Waals surface area contributed by atoms with Crippen molar-refractivity contribution in [1.29, 1.82) is 0 Å². The van der Waals surface area contributed by atoms with Gasteiger partial charge in [0.2, 0.25) is 10.0 Å². The molecule has 0 atom stereocenters. The van der Waals surface area contributed by atoms with E-state index in [-0.39, 0.29) is 5.75 Å². The SMILES string of the molecule is CCCS(=O)(=O)N1CCc2c(nc(-c3ccccn3)nc2N(C)C)C1. The Bertz CT molecular complexity index is 853. The molecule has 0 N–H and O–H groups in total. The van der Waals surface area contributed by atoms with Gasteiger partial charge in [0.25, 0.3) is 0 Å².